The van der Waals surface area contributed by atoms with E-state index in [1.165, 1.54) is 48.7 Å². The minimum absolute atomic E-state index is 0.0241. The van der Waals surface area contributed by atoms with E-state index in [0.29, 0.717) is 38.1 Å². The summed E-state index contributed by atoms with van der Waals surface area (Å²) in [6, 6.07) is 1.22. The van der Waals surface area contributed by atoms with Crippen LogP contribution in [0.5, 0.6) is 0 Å². The van der Waals surface area contributed by atoms with Crippen molar-refractivity contribution in [2.75, 3.05) is 33.4 Å². The molecule has 0 radical (unpaired) electrons. The highest BCUT2D eigenvalue weighted by Gasteiger charge is 2.39. The lowest BCUT2D eigenvalue weighted by Crippen LogP contribution is -2.43. The van der Waals surface area contributed by atoms with Crippen molar-refractivity contribution in [3.8, 4) is 0 Å². The van der Waals surface area contributed by atoms with Gasteiger partial charge in [-0.3, -0.25) is 0 Å². The maximum atomic E-state index is 13.2. The van der Waals surface area contributed by atoms with Crippen LogP contribution in [0.3, 0.4) is 0 Å². The van der Waals surface area contributed by atoms with Gasteiger partial charge in [-0.1, -0.05) is 70.3 Å². The number of hydrogen-bond donors (Lipinski definition) is 1. The van der Waals surface area contributed by atoms with E-state index in [1.54, 1.807) is 7.11 Å². The molecule has 0 spiro atoms. The Morgan fingerprint density at radius 2 is 1.66 bits per heavy atom. The Morgan fingerprint density at radius 1 is 1.00 bits per heavy atom. The van der Waals surface area contributed by atoms with Crippen molar-refractivity contribution in [1.82, 2.24) is 9.62 Å². The largest absolute Gasteiger partial charge is 0.385 e. The zero-order chi connectivity index (χ0) is 30.0. The summed E-state index contributed by atoms with van der Waals surface area (Å²) in [4.78, 5) is 0. The summed E-state index contributed by atoms with van der Waals surface area (Å²) in [5.74, 6) is 0. The molecule has 1 aromatic rings. The number of thiophene rings is 1. The molecule has 2 heterocycles. The average Bonchev–Trinajstić information content (AvgIpc) is 3.41. The molecule has 234 valence electrons. The lowest BCUT2D eigenvalue weighted by molar-refractivity contribution is 0.185. The highest BCUT2D eigenvalue weighted by atomic mass is 32.3. The molecule has 0 aliphatic carbocycles. The van der Waals surface area contributed by atoms with E-state index in [0.717, 1.165) is 49.9 Å². The molecule has 2 rings (SSSR count). The van der Waals surface area contributed by atoms with Gasteiger partial charge in [0.1, 0.15) is 8.42 Å². The number of nitrogens with zero attached hydrogens (tertiary/aromatic N) is 2. The van der Waals surface area contributed by atoms with Crippen molar-refractivity contribution in [2.24, 2.45) is 4.40 Å². The average molecular weight is 630 g/mol. The topological polar surface area (TPSA) is 105 Å². The number of fused-ring (bicyclic) bond motifs is 1. The van der Waals surface area contributed by atoms with Gasteiger partial charge in [0.2, 0.25) is 0 Å². The molecule has 8 nitrogen and oxygen atoms in total. The second kappa shape index (κ2) is 19.7. The van der Waals surface area contributed by atoms with E-state index in [9.17, 15) is 16.8 Å². The Kier molecular flexibility index (Phi) is 17.3. The van der Waals surface area contributed by atoms with Crippen LogP contribution in [0.4, 0.5) is 0 Å². The van der Waals surface area contributed by atoms with Gasteiger partial charge in [0.25, 0.3) is 20.0 Å². The van der Waals surface area contributed by atoms with Crippen LogP contribution in [0.2, 0.25) is 0 Å². The molecule has 41 heavy (non-hydrogen) atoms. The highest BCUT2D eigenvalue weighted by molar-refractivity contribution is 7.94. The van der Waals surface area contributed by atoms with E-state index in [-0.39, 0.29) is 21.0 Å². The highest BCUT2D eigenvalue weighted by Crippen LogP contribution is 2.40. The quantitative estimate of drug-likeness (QED) is 0.0840. The third kappa shape index (κ3) is 12.4. The summed E-state index contributed by atoms with van der Waals surface area (Å²) in [6.07, 6.45) is 24.2. The Morgan fingerprint density at radius 3 is 2.32 bits per heavy atom. The molecule has 1 atom stereocenters. The maximum Gasteiger partial charge on any atom is 0.291 e. The Bertz CT molecular complexity index is 1170. The van der Waals surface area contributed by atoms with Crippen LogP contribution in [-0.4, -0.2) is 60.7 Å². The second-order valence-corrected chi connectivity index (χ2v) is 15.5. The van der Waals surface area contributed by atoms with Crippen molar-refractivity contribution < 1.29 is 21.6 Å². The predicted molar refractivity (Wildman–Crippen MR) is 171 cm³/mol. The first-order chi connectivity index (χ1) is 19.8. The molecule has 0 amide bonds. The van der Waals surface area contributed by atoms with Crippen molar-refractivity contribution >= 4 is 37.6 Å². The van der Waals surface area contributed by atoms with E-state index < -0.39 is 20.0 Å². The van der Waals surface area contributed by atoms with Crippen molar-refractivity contribution in [3.63, 3.8) is 0 Å². The van der Waals surface area contributed by atoms with Crippen molar-refractivity contribution in [1.29, 1.82) is 0 Å². The molecule has 1 aliphatic rings. The first-order valence-corrected chi connectivity index (χ1v) is 18.9. The molecular formula is C30H51N3O5S3. The standard InChI is InChI=1S/C30H51N3O5S3/c1-4-6-7-8-9-10-11-12-13-14-15-16-17-18-19-20-22-32-40(34,35)29-25-27-28(31-5-2)26-33(23-21-24-38-3)41(36,37)30(27)39-29/h9-10,12-13,22,25,28,31H,4-8,11,14-21,23-24,26H2,1-3H3/b10-9?,13-12?,32-22-/t28-/m0/s1. The van der Waals surface area contributed by atoms with Crippen LogP contribution in [0, 0.1) is 0 Å². The van der Waals surface area contributed by atoms with Gasteiger partial charge in [-0.25, -0.2) is 8.42 Å². The molecular weight excluding hydrogens is 579 g/mol. The summed E-state index contributed by atoms with van der Waals surface area (Å²) < 4.78 is 62.8. The predicted octanol–water partition coefficient (Wildman–Crippen LogP) is 7.01. The number of hydrogen-bond acceptors (Lipinski definition) is 7. The number of likely N-dealkylation sites (N-methyl/N-ethyl adjacent to an activating group) is 1. The second-order valence-electron chi connectivity index (χ2n) is 10.4. The minimum Gasteiger partial charge on any atom is -0.385 e. The fourth-order valence-corrected chi connectivity index (χ4v) is 9.50. The number of allylic oxidation sites excluding steroid dienone is 4. The zero-order valence-electron chi connectivity index (χ0n) is 25.2. The van der Waals surface area contributed by atoms with E-state index in [2.05, 4.69) is 40.9 Å². The smallest absolute Gasteiger partial charge is 0.291 e. The molecule has 0 saturated carbocycles. The first-order valence-electron chi connectivity index (χ1n) is 15.2. The summed E-state index contributed by atoms with van der Waals surface area (Å²) in [5, 5.41) is 3.30. The van der Waals surface area contributed by atoms with Gasteiger partial charge in [0.15, 0.2) is 0 Å². The van der Waals surface area contributed by atoms with Gasteiger partial charge in [-0.2, -0.15) is 17.1 Å². The molecule has 0 saturated heterocycles. The van der Waals surface area contributed by atoms with Crippen LogP contribution in [0.15, 0.2) is 43.2 Å². The van der Waals surface area contributed by atoms with Crippen LogP contribution in [-0.2, 0) is 24.8 Å². The molecule has 1 aliphatic heterocycles. The SMILES string of the molecule is CCCCCC=CCC=CCCCCCCC/C=N\S(=O)(=O)c1cc2c(s1)S(=O)(=O)N(CCCOC)C[C@@H]2NCC. The van der Waals surface area contributed by atoms with Crippen LogP contribution >= 0.6 is 11.3 Å². The van der Waals surface area contributed by atoms with E-state index >= 15 is 0 Å². The van der Waals surface area contributed by atoms with Gasteiger partial charge in [0, 0.05) is 44.6 Å². The fourth-order valence-electron chi connectivity index (χ4n) is 4.72. The van der Waals surface area contributed by atoms with E-state index in [4.69, 9.17) is 4.74 Å². The van der Waals surface area contributed by atoms with Crippen molar-refractivity contribution in [2.45, 2.75) is 112 Å². The van der Waals surface area contributed by atoms with E-state index in [1.807, 2.05) is 6.92 Å². The molecule has 0 bridgehead atoms. The number of nitrogens with one attached hydrogen (secondary N) is 1. The molecule has 1 aromatic heterocycles. The normalized spacial score (nSPS) is 17.8. The molecule has 1 N–H and O–H groups in total. The number of rotatable bonds is 22. The van der Waals surface area contributed by atoms with Gasteiger partial charge >= 0.3 is 0 Å². The monoisotopic (exact) mass is 629 g/mol. The summed E-state index contributed by atoms with van der Waals surface area (Å²) >= 11 is 0.799. The Labute approximate surface area is 253 Å². The van der Waals surface area contributed by atoms with Gasteiger partial charge in [-0.05, 0) is 64.0 Å². The fraction of sp³-hybridized carbons (Fsp3) is 0.700. The summed E-state index contributed by atoms with van der Waals surface area (Å²) in [6.45, 7) is 5.85. The summed E-state index contributed by atoms with van der Waals surface area (Å²) in [5.41, 5.74) is 0.516. The van der Waals surface area contributed by atoms with Gasteiger partial charge in [0.05, 0.1) is 0 Å². The lowest BCUT2D eigenvalue weighted by Gasteiger charge is -2.32. The summed E-state index contributed by atoms with van der Waals surface area (Å²) in [7, 11) is -6.15. The molecule has 11 heteroatoms. The molecule has 0 aromatic carbocycles. The Balaban J connectivity index is 1.77. The third-order valence-corrected chi connectivity index (χ3v) is 12.3. The van der Waals surface area contributed by atoms with Crippen molar-refractivity contribution in [3.05, 3.63) is 35.9 Å². The Hall–Kier alpha value is -1.37. The van der Waals surface area contributed by atoms with Crippen LogP contribution in [0.1, 0.15) is 109 Å². The number of ether oxygens (including phenoxy) is 1. The van der Waals surface area contributed by atoms with Crippen LogP contribution in [0.25, 0.3) is 0 Å². The molecule has 0 unspecified atom stereocenters. The van der Waals surface area contributed by atoms with Gasteiger partial charge in [-0.15, -0.1) is 11.3 Å². The van der Waals surface area contributed by atoms with Crippen LogP contribution < -0.4 is 5.32 Å². The van der Waals surface area contributed by atoms with Gasteiger partial charge < -0.3 is 10.1 Å². The zero-order valence-corrected chi connectivity index (χ0v) is 27.7. The maximum absolute atomic E-state index is 13.2. The third-order valence-electron chi connectivity index (χ3n) is 7.00. The minimum atomic E-state index is -3.96. The lowest BCUT2D eigenvalue weighted by atomic mass is 10.1. The number of sulfonamides is 2. The number of methoxy groups -OCH3 is 1. The molecule has 0 fully saturated rings. The first kappa shape index (κ1) is 35.8. The number of unbranched alkanes of at least 4 members (excludes halogenated alkanes) is 9.